The van der Waals surface area contributed by atoms with Crippen LogP contribution in [0.1, 0.15) is 15.9 Å². The van der Waals surface area contributed by atoms with Crippen molar-refractivity contribution in [1.82, 2.24) is 0 Å². The van der Waals surface area contributed by atoms with Crippen LogP contribution in [0, 0.1) is 10.5 Å². The minimum atomic E-state index is -0.430. The summed E-state index contributed by atoms with van der Waals surface area (Å²) in [5.74, 6) is -0.430. The van der Waals surface area contributed by atoms with Gasteiger partial charge in [0.15, 0.2) is 0 Å². The molecule has 2 rings (SSSR count). The van der Waals surface area contributed by atoms with Crippen molar-refractivity contribution in [2.45, 2.75) is 6.92 Å². The van der Waals surface area contributed by atoms with Crippen molar-refractivity contribution < 1.29 is 10.0 Å². The number of hydrogen-bond acceptors (Lipinski definition) is 2. The fourth-order valence-electron chi connectivity index (χ4n) is 1.63. The molecule has 0 aliphatic rings. The van der Waals surface area contributed by atoms with Crippen molar-refractivity contribution in [2.75, 3.05) is 5.06 Å². The van der Waals surface area contributed by atoms with Gasteiger partial charge in [0.25, 0.3) is 5.91 Å². The first-order valence-electron chi connectivity index (χ1n) is 5.44. The van der Waals surface area contributed by atoms with E-state index in [0.29, 0.717) is 16.3 Å². The Kier molecular flexibility index (Phi) is 3.98. The number of anilines is 1. The average Bonchev–Trinajstić information content (AvgIpc) is 2.38. The van der Waals surface area contributed by atoms with E-state index >= 15 is 0 Å². The molecule has 0 atom stereocenters. The average molecular weight is 353 g/mol. The second-order valence-corrected chi connectivity index (χ2v) is 5.16. The van der Waals surface area contributed by atoms with Crippen LogP contribution in [-0.2, 0) is 0 Å². The molecule has 0 aliphatic heterocycles. The van der Waals surface area contributed by atoms with Crippen LogP contribution in [0.4, 0.5) is 5.69 Å². The van der Waals surface area contributed by atoms with Crippen LogP contribution in [0.25, 0.3) is 0 Å². The van der Waals surface area contributed by atoms with Crippen molar-refractivity contribution in [3.63, 3.8) is 0 Å². The normalized spacial score (nSPS) is 10.2. The Bertz CT molecular complexity index is 566. The van der Waals surface area contributed by atoms with Crippen LogP contribution >= 0.6 is 22.6 Å². The third kappa shape index (κ3) is 2.70. The van der Waals surface area contributed by atoms with Crippen molar-refractivity contribution in [3.05, 3.63) is 63.2 Å². The second kappa shape index (κ2) is 5.49. The highest BCUT2D eigenvalue weighted by Crippen LogP contribution is 2.20. The summed E-state index contributed by atoms with van der Waals surface area (Å²) in [6.07, 6.45) is 0. The Balaban J connectivity index is 2.29. The van der Waals surface area contributed by atoms with E-state index < -0.39 is 5.91 Å². The summed E-state index contributed by atoms with van der Waals surface area (Å²) in [6, 6.07) is 14.3. The topological polar surface area (TPSA) is 40.5 Å². The third-order valence-electron chi connectivity index (χ3n) is 2.63. The number of para-hydroxylation sites is 1. The number of amides is 1. The van der Waals surface area contributed by atoms with Gasteiger partial charge in [-0.15, -0.1) is 0 Å². The SMILES string of the molecule is Cc1ccccc1N(O)C(=O)c1ccc(I)cc1. The zero-order valence-electron chi connectivity index (χ0n) is 9.80. The number of aryl methyl sites for hydroxylation is 1. The van der Waals surface area contributed by atoms with E-state index in [4.69, 9.17) is 0 Å². The number of rotatable bonds is 2. The number of carbonyl (C=O) groups is 1. The number of halogens is 1. The molecule has 3 nitrogen and oxygen atoms in total. The zero-order valence-corrected chi connectivity index (χ0v) is 12.0. The highest BCUT2D eigenvalue weighted by Gasteiger charge is 2.16. The van der Waals surface area contributed by atoms with Gasteiger partial charge < -0.3 is 0 Å². The van der Waals surface area contributed by atoms with Gasteiger partial charge in [-0.25, -0.2) is 0 Å². The Hall–Kier alpha value is -1.40. The number of benzene rings is 2. The van der Waals surface area contributed by atoms with Crippen molar-refractivity contribution >= 4 is 34.2 Å². The van der Waals surface area contributed by atoms with Gasteiger partial charge in [0, 0.05) is 9.13 Å². The monoisotopic (exact) mass is 353 g/mol. The van der Waals surface area contributed by atoms with Crippen molar-refractivity contribution in [1.29, 1.82) is 0 Å². The molecule has 0 radical (unpaired) electrons. The molecule has 0 aromatic heterocycles. The maximum absolute atomic E-state index is 12.1. The van der Waals surface area contributed by atoms with Crippen LogP contribution in [0.15, 0.2) is 48.5 Å². The van der Waals surface area contributed by atoms with Gasteiger partial charge in [-0.2, -0.15) is 5.06 Å². The van der Waals surface area contributed by atoms with Gasteiger partial charge in [0.1, 0.15) is 0 Å². The van der Waals surface area contributed by atoms with Crippen LogP contribution in [0.2, 0.25) is 0 Å². The molecule has 0 aliphatic carbocycles. The third-order valence-corrected chi connectivity index (χ3v) is 3.35. The molecule has 0 heterocycles. The van der Waals surface area contributed by atoms with E-state index in [-0.39, 0.29) is 0 Å². The van der Waals surface area contributed by atoms with Crippen LogP contribution in [0.5, 0.6) is 0 Å². The van der Waals surface area contributed by atoms with Gasteiger partial charge in [0.05, 0.1) is 5.69 Å². The maximum atomic E-state index is 12.1. The Morgan fingerprint density at radius 3 is 2.33 bits per heavy atom. The van der Waals surface area contributed by atoms with Gasteiger partial charge in [0.2, 0.25) is 0 Å². The van der Waals surface area contributed by atoms with E-state index in [1.165, 1.54) is 0 Å². The molecular formula is C14H12INO2. The largest absolute Gasteiger partial charge is 0.281 e. The summed E-state index contributed by atoms with van der Waals surface area (Å²) in [5, 5.41) is 10.7. The molecule has 92 valence electrons. The van der Waals surface area contributed by atoms with Gasteiger partial charge >= 0.3 is 0 Å². The predicted octanol–water partition coefficient (Wildman–Crippen LogP) is 3.64. The number of carbonyl (C=O) groups excluding carboxylic acids is 1. The van der Waals surface area contributed by atoms with Gasteiger partial charge in [-0.05, 0) is 65.4 Å². The Morgan fingerprint density at radius 1 is 1.11 bits per heavy atom. The molecule has 0 bridgehead atoms. The molecular weight excluding hydrogens is 341 g/mol. The van der Waals surface area contributed by atoms with Gasteiger partial charge in [-0.1, -0.05) is 18.2 Å². The first-order valence-corrected chi connectivity index (χ1v) is 6.52. The summed E-state index contributed by atoms with van der Waals surface area (Å²) in [5.41, 5.74) is 1.81. The summed E-state index contributed by atoms with van der Waals surface area (Å²) >= 11 is 2.17. The Labute approximate surface area is 119 Å². The lowest BCUT2D eigenvalue weighted by atomic mass is 10.1. The number of nitrogens with zero attached hydrogens (tertiary/aromatic N) is 1. The van der Waals surface area contributed by atoms with Gasteiger partial charge in [-0.3, -0.25) is 10.0 Å². The first-order chi connectivity index (χ1) is 8.59. The lowest BCUT2D eigenvalue weighted by Gasteiger charge is -2.17. The van der Waals surface area contributed by atoms with E-state index in [1.807, 2.05) is 31.2 Å². The maximum Gasteiger partial charge on any atom is 0.281 e. The molecule has 4 heteroatoms. The molecule has 0 unspecified atom stereocenters. The minimum Gasteiger partial charge on any atom is -0.281 e. The smallest absolute Gasteiger partial charge is 0.281 e. The number of hydrogen-bond donors (Lipinski definition) is 1. The quantitative estimate of drug-likeness (QED) is 0.509. The number of hydroxylamine groups is 1. The van der Waals surface area contributed by atoms with Crippen LogP contribution < -0.4 is 5.06 Å². The molecule has 0 fully saturated rings. The molecule has 18 heavy (non-hydrogen) atoms. The summed E-state index contributed by atoms with van der Waals surface area (Å²) in [6.45, 7) is 1.85. The fourth-order valence-corrected chi connectivity index (χ4v) is 1.98. The summed E-state index contributed by atoms with van der Waals surface area (Å²) in [7, 11) is 0. The molecule has 2 aromatic rings. The van der Waals surface area contributed by atoms with E-state index in [9.17, 15) is 10.0 Å². The Morgan fingerprint density at radius 2 is 1.72 bits per heavy atom. The molecule has 1 N–H and O–H groups in total. The van der Waals surface area contributed by atoms with E-state index in [2.05, 4.69) is 22.6 Å². The lowest BCUT2D eigenvalue weighted by molar-refractivity contribution is 0.0854. The second-order valence-electron chi connectivity index (χ2n) is 3.91. The zero-order chi connectivity index (χ0) is 13.1. The van der Waals surface area contributed by atoms with Crippen LogP contribution in [-0.4, -0.2) is 11.1 Å². The molecule has 0 saturated heterocycles. The summed E-state index contributed by atoms with van der Waals surface area (Å²) < 4.78 is 1.05. The lowest BCUT2D eigenvalue weighted by Crippen LogP contribution is -2.27. The highest BCUT2D eigenvalue weighted by molar-refractivity contribution is 14.1. The molecule has 0 saturated carbocycles. The van der Waals surface area contributed by atoms with Crippen molar-refractivity contribution in [3.8, 4) is 0 Å². The van der Waals surface area contributed by atoms with E-state index in [0.717, 1.165) is 9.13 Å². The van der Waals surface area contributed by atoms with Crippen molar-refractivity contribution in [2.24, 2.45) is 0 Å². The molecule has 2 aromatic carbocycles. The molecule has 1 amide bonds. The molecule has 0 spiro atoms. The highest BCUT2D eigenvalue weighted by atomic mass is 127. The minimum absolute atomic E-state index is 0.430. The standard InChI is InChI=1S/C14H12INO2/c1-10-4-2-3-5-13(10)16(18)14(17)11-6-8-12(15)9-7-11/h2-9,18H,1H3. The first kappa shape index (κ1) is 13.0. The predicted molar refractivity (Wildman–Crippen MR) is 78.9 cm³/mol. The van der Waals surface area contributed by atoms with E-state index in [1.54, 1.807) is 24.3 Å². The van der Waals surface area contributed by atoms with Crippen LogP contribution in [0.3, 0.4) is 0 Å². The fraction of sp³-hybridized carbons (Fsp3) is 0.0714. The summed E-state index contributed by atoms with van der Waals surface area (Å²) in [4.78, 5) is 12.1.